The molecule has 6 aromatic carbocycles. The van der Waals surface area contributed by atoms with Crippen molar-refractivity contribution < 1.29 is 0 Å². The van der Waals surface area contributed by atoms with Crippen LogP contribution in [-0.4, -0.2) is 0 Å². The molecule has 4 fully saturated rings. The summed E-state index contributed by atoms with van der Waals surface area (Å²) in [5.74, 6) is 3.24. The van der Waals surface area contributed by atoms with Gasteiger partial charge in [-0.15, -0.1) is 0 Å². The minimum Gasteiger partial charge on any atom is -0.309 e. The lowest BCUT2D eigenvalue weighted by atomic mass is 9.43. The molecular formula is C62H67N. The Morgan fingerprint density at radius 3 is 1.25 bits per heavy atom. The largest absolute Gasteiger partial charge is 0.309 e. The molecule has 0 radical (unpaired) electrons. The first kappa shape index (κ1) is 39.7. The van der Waals surface area contributed by atoms with Gasteiger partial charge in [0.05, 0.1) is 17.1 Å². The summed E-state index contributed by atoms with van der Waals surface area (Å²) in [6.07, 6.45) is 11.8. The third-order valence-corrected chi connectivity index (χ3v) is 18.4. The predicted octanol–water partition coefficient (Wildman–Crippen LogP) is 16.9. The van der Waals surface area contributed by atoms with Crippen LogP contribution >= 0.6 is 0 Å². The Hall–Kier alpha value is -4.88. The van der Waals surface area contributed by atoms with Gasteiger partial charge in [-0.1, -0.05) is 165 Å². The van der Waals surface area contributed by atoms with Gasteiger partial charge in [0.1, 0.15) is 0 Å². The van der Waals surface area contributed by atoms with Crippen molar-refractivity contribution in [1.82, 2.24) is 0 Å². The first-order valence-electron chi connectivity index (χ1n) is 24.7. The number of para-hydroxylation sites is 2. The van der Waals surface area contributed by atoms with Gasteiger partial charge in [-0.3, -0.25) is 0 Å². The quantitative estimate of drug-likeness (QED) is 0.167. The maximum Gasteiger partial charge on any atom is 0.0543 e. The molecule has 0 saturated heterocycles. The van der Waals surface area contributed by atoms with Crippen LogP contribution in [0.15, 0.2) is 127 Å². The predicted molar refractivity (Wildman–Crippen MR) is 266 cm³/mol. The molecule has 1 heteroatoms. The van der Waals surface area contributed by atoms with E-state index in [4.69, 9.17) is 0 Å². The van der Waals surface area contributed by atoms with Crippen molar-refractivity contribution in [1.29, 1.82) is 0 Å². The summed E-state index contributed by atoms with van der Waals surface area (Å²) in [6.45, 7) is 19.8. The maximum atomic E-state index is 2.75. The fraction of sp³-hybridized carbons (Fsp3) is 0.419. The van der Waals surface area contributed by atoms with Crippen LogP contribution in [0.25, 0.3) is 33.4 Å². The lowest BCUT2D eigenvalue weighted by Crippen LogP contribution is -2.55. The van der Waals surface area contributed by atoms with Gasteiger partial charge in [0, 0.05) is 22.1 Å². The first-order valence-corrected chi connectivity index (χ1v) is 24.7. The highest BCUT2D eigenvalue weighted by Gasteiger charge is 2.62. The number of hydrogen-bond acceptors (Lipinski definition) is 1. The van der Waals surface area contributed by atoms with Crippen molar-refractivity contribution in [2.24, 2.45) is 23.7 Å². The molecule has 1 spiro atoms. The normalized spacial score (nSPS) is 27.0. The SMILES string of the molecule is CC1(C)CCC(C)(C)c2c(-c3ccccc3N(c3ccccc3-c3cccc4c3C(C)(C)CCC4(C)C)c3cccc4c3-c3ccccc3C43C4CC5CC(C4)CC3C5)cccc21. The minimum absolute atomic E-state index is 0.0531. The molecule has 7 aliphatic rings. The van der Waals surface area contributed by atoms with E-state index in [0.717, 1.165) is 11.8 Å². The van der Waals surface area contributed by atoms with Gasteiger partial charge in [0.2, 0.25) is 0 Å². The van der Waals surface area contributed by atoms with Crippen molar-refractivity contribution in [2.45, 2.75) is 140 Å². The average Bonchev–Trinajstić information content (AvgIpc) is 3.57. The molecule has 0 aliphatic heterocycles. The summed E-state index contributed by atoms with van der Waals surface area (Å²) >= 11 is 0. The number of benzene rings is 6. The topological polar surface area (TPSA) is 3.24 Å². The van der Waals surface area contributed by atoms with E-state index in [1.807, 2.05) is 0 Å². The minimum atomic E-state index is 0.0531. The first-order chi connectivity index (χ1) is 30.2. The van der Waals surface area contributed by atoms with Gasteiger partial charge in [-0.25, -0.2) is 0 Å². The Morgan fingerprint density at radius 1 is 0.349 bits per heavy atom. The number of hydrogen-bond donors (Lipinski definition) is 0. The molecule has 0 aromatic heterocycles. The second kappa shape index (κ2) is 13.6. The van der Waals surface area contributed by atoms with Crippen LogP contribution < -0.4 is 4.90 Å². The van der Waals surface area contributed by atoms with E-state index in [0.29, 0.717) is 11.8 Å². The van der Waals surface area contributed by atoms with Crippen molar-refractivity contribution >= 4 is 17.1 Å². The number of fused-ring (bicyclic) bond motifs is 5. The molecule has 0 heterocycles. The molecule has 1 nitrogen and oxygen atoms in total. The molecule has 63 heavy (non-hydrogen) atoms. The van der Waals surface area contributed by atoms with Gasteiger partial charge in [0.25, 0.3) is 0 Å². The molecule has 0 unspecified atom stereocenters. The Morgan fingerprint density at radius 2 is 0.730 bits per heavy atom. The third-order valence-electron chi connectivity index (χ3n) is 18.4. The molecule has 7 aliphatic carbocycles. The van der Waals surface area contributed by atoms with Crippen molar-refractivity contribution in [3.8, 4) is 33.4 Å². The Balaban J connectivity index is 1.17. The summed E-state index contributed by atoms with van der Waals surface area (Å²) < 4.78 is 0. The van der Waals surface area contributed by atoms with Gasteiger partial charge < -0.3 is 4.90 Å². The van der Waals surface area contributed by atoms with Crippen LogP contribution in [0.4, 0.5) is 17.1 Å². The Kier molecular flexibility index (Phi) is 8.55. The third kappa shape index (κ3) is 5.59. The molecule has 13 rings (SSSR count). The molecule has 320 valence electrons. The standard InChI is InChI=1S/C62H67N/c1-58(2)30-32-60(5,6)56-45(21-15-25-50(56)58)43-18-10-13-27-52(43)63(53-28-14-11-19-44(53)46-22-16-26-51-57(46)61(7,8)33-31-59(51,3)4)54-29-17-24-49-55(54)47-20-9-12-23-48(47)62(49)41-35-39-34-40(37-41)38-42(62)36-39/h9-29,39-42H,30-38H2,1-8H3. The lowest BCUT2D eigenvalue weighted by molar-refractivity contribution is -0.0399. The highest BCUT2D eigenvalue weighted by Crippen LogP contribution is 2.70. The average molecular weight is 826 g/mol. The summed E-state index contributed by atoms with van der Waals surface area (Å²) in [6, 6.07) is 50.6. The van der Waals surface area contributed by atoms with Crippen molar-refractivity contribution in [3.63, 3.8) is 0 Å². The number of anilines is 3. The van der Waals surface area contributed by atoms with Crippen LogP contribution in [0.5, 0.6) is 0 Å². The highest BCUT2D eigenvalue weighted by atomic mass is 15.2. The zero-order valence-electron chi connectivity index (χ0n) is 39.2. The van der Waals surface area contributed by atoms with Gasteiger partial charge in [-0.05, 0) is 171 Å². The fourth-order valence-corrected chi connectivity index (χ4v) is 15.5. The van der Waals surface area contributed by atoms with Crippen LogP contribution in [-0.2, 0) is 27.1 Å². The second-order valence-electron chi connectivity index (χ2n) is 23.8. The molecule has 0 atom stereocenters. The van der Waals surface area contributed by atoms with Crippen LogP contribution in [0.1, 0.15) is 147 Å². The van der Waals surface area contributed by atoms with Crippen molar-refractivity contribution in [3.05, 3.63) is 161 Å². The lowest BCUT2D eigenvalue weighted by Gasteiger charge is -2.61. The van der Waals surface area contributed by atoms with E-state index in [1.54, 1.807) is 11.1 Å². The van der Waals surface area contributed by atoms with E-state index >= 15 is 0 Å². The number of rotatable bonds is 5. The Bertz CT molecular complexity index is 2670. The van der Waals surface area contributed by atoms with Gasteiger partial charge >= 0.3 is 0 Å². The summed E-state index contributed by atoms with van der Waals surface area (Å²) in [7, 11) is 0. The molecule has 4 bridgehead atoms. The summed E-state index contributed by atoms with van der Waals surface area (Å²) in [4.78, 5) is 2.75. The van der Waals surface area contributed by atoms with Crippen LogP contribution in [0.2, 0.25) is 0 Å². The van der Waals surface area contributed by atoms with E-state index < -0.39 is 0 Å². The molecular weight excluding hydrogens is 759 g/mol. The molecule has 0 N–H and O–H groups in total. The van der Waals surface area contributed by atoms with Crippen LogP contribution in [0, 0.1) is 23.7 Å². The van der Waals surface area contributed by atoms with Gasteiger partial charge in [-0.2, -0.15) is 0 Å². The Labute approximate surface area is 378 Å². The summed E-state index contributed by atoms with van der Waals surface area (Å²) in [5.41, 5.74) is 21.9. The van der Waals surface area contributed by atoms with E-state index in [2.05, 4.69) is 188 Å². The second-order valence-corrected chi connectivity index (χ2v) is 23.8. The summed E-state index contributed by atoms with van der Waals surface area (Å²) in [5, 5.41) is 0. The van der Waals surface area contributed by atoms with E-state index in [9.17, 15) is 0 Å². The molecule has 0 amide bonds. The van der Waals surface area contributed by atoms with Crippen molar-refractivity contribution in [2.75, 3.05) is 4.90 Å². The maximum absolute atomic E-state index is 2.75. The smallest absolute Gasteiger partial charge is 0.0543 e. The zero-order valence-corrected chi connectivity index (χ0v) is 39.2. The molecule has 4 saturated carbocycles. The fourth-order valence-electron chi connectivity index (χ4n) is 15.5. The number of nitrogens with zero attached hydrogens (tertiary/aromatic N) is 1. The van der Waals surface area contributed by atoms with Gasteiger partial charge in [0.15, 0.2) is 0 Å². The van der Waals surface area contributed by atoms with Crippen LogP contribution in [0.3, 0.4) is 0 Å². The monoisotopic (exact) mass is 826 g/mol. The molecule has 6 aromatic rings. The zero-order chi connectivity index (χ0) is 43.3. The van der Waals surface area contributed by atoms with E-state index in [1.165, 1.54) is 130 Å². The highest BCUT2D eigenvalue weighted by molar-refractivity contribution is 6.01. The van der Waals surface area contributed by atoms with E-state index in [-0.39, 0.29) is 27.1 Å².